The molecular weight excluding hydrogens is 676 g/mol. The SMILES string of the molecule is C[SiH2]CCCCCCN1C(=O)C2=C(c3ccc(Br)s3)N(CCCCCC[SiH2]C)C(=O)C2=C1c1ccc(Br)s1. The molecule has 0 saturated carbocycles. The van der Waals surface area contributed by atoms with Gasteiger partial charge in [0.25, 0.3) is 11.8 Å². The second kappa shape index (κ2) is 14.7. The van der Waals surface area contributed by atoms with Gasteiger partial charge in [-0.25, -0.2) is 0 Å². The molecule has 2 aromatic rings. The van der Waals surface area contributed by atoms with Crippen LogP contribution < -0.4 is 0 Å². The third-order valence-corrected chi connectivity index (χ3v) is 12.9. The molecule has 0 fully saturated rings. The molecule has 4 nitrogen and oxygen atoms in total. The van der Waals surface area contributed by atoms with Gasteiger partial charge in [-0.3, -0.25) is 9.59 Å². The molecule has 2 aromatic heterocycles. The van der Waals surface area contributed by atoms with Crippen LogP contribution >= 0.6 is 54.5 Å². The Bertz CT molecular complexity index is 1110. The summed E-state index contributed by atoms with van der Waals surface area (Å²) in [6.45, 7) is 6.06. The molecule has 0 saturated heterocycles. The fourth-order valence-corrected chi connectivity index (χ4v) is 9.92. The molecule has 2 aliphatic heterocycles. The maximum Gasteiger partial charge on any atom is 0.261 e. The molecule has 2 amide bonds. The number of halogens is 2. The summed E-state index contributed by atoms with van der Waals surface area (Å²) in [5, 5.41) is 0. The highest BCUT2D eigenvalue weighted by Gasteiger charge is 2.49. The van der Waals surface area contributed by atoms with E-state index in [9.17, 15) is 9.59 Å². The van der Waals surface area contributed by atoms with E-state index < -0.39 is 0 Å². The van der Waals surface area contributed by atoms with Gasteiger partial charge in [-0.15, -0.1) is 22.7 Å². The molecule has 0 aliphatic carbocycles. The zero-order valence-electron chi connectivity index (χ0n) is 22.5. The molecule has 206 valence electrons. The van der Waals surface area contributed by atoms with E-state index >= 15 is 0 Å². The van der Waals surface area contributed by atoms with Crippen molar-refractivity contribution >= 4 is 96.8 Å². The van der Waals surface area contributed by atoms with Crippen molar-refractivity contribution in [3.63, 3.8) is 0 Å². The molecule has 10 heteroatoms. The van der Waals surface area contributed by atoms with Gasteiger partial charge in [0.15, 0.2) is 0 Å². The monoisotopic (exact) mass is 712 g/mol. The molecule has 0 N–H and O–H groups in total. The van der Waals surface area contributed by atoms with Crippen molar-refractivity contribution in [2.24, 2.45) is 0 Å². The molecule has 2 aliphatic rings. The number of carbonyl (C=O) groups is 2. The lowest BCUT2D eigenvalue weighted by Gasteiger charge is -2.24. The zero-order valence-corrected chi connectivity index (χ0v) is 30.1. The van der Waals surface area contributed by atoms with Gasteiger partial charge < -0.3 is 9.80 Å². The first-order chi connectivity index (χ1) is 18.5. The first kappa shape index (κ1) is 30.2. The van der Waals surface area contributed by atoms with Gasteiger partial charge in [-0.1, -0.05) is 63.7 Å². The molecule has 0 atom stereocenters. The van der Waals surface area contributed by atoms with Gasteiger partial charge >= 0.3 is 0 Å². The van der Waals surface area contributed by atoms with E-state index in [0.29, 0.717) is 24.2 Å². The minimum absolute atomic E-state index is 0.0104. The van der Waals surface area contributed by atoms with Gasteiger partial charge in [0.1, 0.15) is 0 Å². The quantitative estimate of drug-likeness (QED) is 0.133. The summed E-state index contributed by atoms with van der Waals surface area (Å²) in [6.07, 6.45) is 9.24. The van der Waals surface area contributed by atoms with E-state index in [1.165, 1.54) is 37.8 Å². The topological polar surface area (TPSA) is 40.6 Å². The lowest BCUT2D eigenvalue weighted by atomic mass is 10.1. The van der Waals surface area contributed by atoms with Crippen LogP contribution in [0.1, 0.15) is 61.1 Å². The van der Waals surface area contributed by atoms with Crippen LogP contribution in [0.5, 0.6) is 0 Å². The maximum atomic E-state index is 14.1. The van der Waals surface area contributed by atoms with Crippen molar-refractivity contribution in [1.82, 2.24) is 9.80 Å². The predicted octanol–water partition coefficient (Wildman–Crippen LogP) is 7.53. The first-order valence-electron chi connectivity index (χ1n) is 14.1. The van der Waals surface area contributed by atoms with E-state index in [1.54, 1.807) is 22.7 Å². The van der Waals surface area contributed by atoms with Crippen molar-refractivity contribution in [3.05, 3.63) is 52.7 Å². The van der Waals surface area contributed by atoms with Crippen LogP contribution in [-0.2, 0) is 9.59 Å². The van der Waals surface area contributed by atoms with Gasteiger partial charge in [0.2, 0.25) is 0 Å². The van der Waals surface area contributed by atoms with E-state index in [2.05, 4.69) is 45.0 Å². The number of hydrogen-bond acceptors (Lipinski definition) is 4. The van der Waals surface area contributed by atoms with Gasteiger partial charge in [0, 0.05) is 32.1 Å². The fraction of sp³-hybridized carbons (Fsp3) is 0.500. The summed E-state index contributed by atoms with van der Waals surface area (Å²) in [6, 6.07) is 10.9. The first-order valence-corrected chi connectivity index (χ1v) is 22.2. The summed E-state index contributed by atoms with van der Waals surface area (Å²) in [5.41, 5.74) is 2.85. The molecule has 4 heterocycles. The number of thiophene rings is 2. The van der Waals surface area contributed by atoms with Gasteiger partial charge in [-0.2, -0.15) is 0 Å². The van der Waals surface area contributed by atoms with Crippen LogP contribution in [0.4, 0.5) is 0 Å². The highest BCUT2D eigenvalue weighted by molar-refractivity contribution is 9.11. The third-order valence-electron chi connectivity index (χ3n) is 7.27. The summed E-state index contributed by atoms with van der Waals surface area (Å²) < 4.78 is 2.02. The largest absolute Gasteiger partial charge is 0.306 e. The van der Waals surface area contributed by atoms with Crippen molar-refractivity contribution in [3.8, 4) is 0 Å². The van der Waals surface area contributed by atoms with Crippen LogP contribution in [0.25, 0.3) is 11.4 Å². The predicted molar refractivity (Wildman–Crippen MR) is 177 cm³/mol. The fourth-order valence-electron chi connectivity index (χ4n) is 5.32. The Kier molecular flexibility index (Phi) is 11.7. The highest BCUT2D eigenvalue weighted by atomic mass is 79.9. The molecule has 0 spiro atoms. The molecular formula is C28H38Br2N2O2S2Si2. The Labute approximate surface area is 256 Å². The van der Waals surface area contributed by atoms with Crippen LogP contribution in [0, 0.1) is 0 Å². The van der Waals surface area contributed by atoms with Gasteiger partial charge in [-0.05, 0) is 69.0 Å². The number of hydrogen-bond donors (Lipinski definition) is 0. The van der Waals surface area contributed by atoms with E-state index in [0.717, 1.165) is 54.4 Å². The smallest absolute Gasteiger partial charge is 0.261 e. The number of fused-ring (bicyclic) bond motifs is 1. The molecule has 38 heavy (non-hydrogen) atoms. The third kappa shape index (κ3) is 6.91. The Morgan fingerprint density at radius 3 is 1.37 bits per heavy atom. The zero-order chi connectivity index (χ0) is 27.1. The molecule has 0 aromatic carbocycles. The number of nitrogens with zero attached hydrogens (tertiary/aromatic N) is 2. The Morgan fingerprint density at radius 2 is 1.03 bits per heavy atom. The number of carbonyl (C=O) groups excluding carboxylic acids is 2. The Morgan fingerprint density at radius 1 is 0.632 bits per heavy atom. The highest BCUT2D eigenvalue weighted by Crippen LogP contribution is 2.49. The van der Waals surface area contributed by atoms with Crippen LogP contribution in [0.15, 0.2) is 43.0 Å². The van der Waals surface area contributed by atoms with Gasteiger partial charge in [0.05, 0.1) is 39.9 Å². The van der Waals surface area contributed by atoms with E-state index in [-0.39, 0.29) is 30.9 Å². The minimum Gasteiger partial charge on any atom is -0.306 e. The lowest BCUT2D eigenvalue weighted by molar-refractivity contribution is -0.124. The summed E-state index contributed by atoms with van der Waals surface area (Å²) >= 11 is 10.4. The van der Waals surface area contributed by atoms with Crippen molar-refractivity contribution < 1.29 is 9.59 Å². The second-order valence-corrected chi connectivity index (χ2v) is 18.4. The average molecular weight is 715 g/mol. The number of amides is 2. The van der Waals surface area contributed by atoms with Crippen LogP contribution in [0.2, 0.25) is 25.2 Å². The molecule has 0 radical (unpaired) electrons. The van der Waals surface area contributed by atoms with E-state index in [4.69, 9.17) is 0 Å². The maximum absolute atomic E-state index is 14.1. The standard InChI is InChI=1S/C28H38Br2N2O2S2Si2/c1-37-17-9-5-3-7-15-31-25(19-11-13-21(29)35-19)23-24(27(31)33)26(20-12-14-22(30)36-20)32(28(23)34)16-8-4-6-10-18-38-2/h11-14H,3-10,15-18,37-38H2,1-2H3. The molecule has 0 unspecified atom stereocenters. The van der Waals surface area contributed by atoms with Crippen LogP contribution in [-0.4, -0.2) is 53.7 Å². The Balaban J connectivity index is 1.66. The van der Waals surface area contributed by atoms with Crippen molar-refractivity contribution in [2.45, 2.75) is 76.5 Å². The summed E-state index contributed by atoms with van der Waals surface area (Å²) in [5.74, 6) is -0.0208. The second-order valence-electron chi connectivity index (χ2n) is 10.1. The number of unbranched alkanes of at least 4 members (excludes halogenated alkanes) is 6. The average Bonchev–Trinajstić information content (AvgIpc) is 3.65. The summed E-state index contributed by atoms with van der Waals surface area (Å²) in [4.78, 5) is 34.0. The van der Waals surface area contributed by atoms with Crippen molar-refractivity contribution in [1.29, 1.82) is 0 Å². The number of rotatable bonds is 16. The van der Waals surface area contributed by atoms with E-state index in [1.807, 2.05) is 34.1 Å². The van der Waals surface area contributed by atoms with Crippen LogP contribution in [0.3, 0.4) is 0 Å². The summed E-state index contributed by atoms with van der Waals surface area (Å²) in [7, 11) is 0.257. The lowest BCUT2D eigenvalue weighted by Crippen LogP contribution is -2.30. The normalized spacial score (nSPS) is 16.2. The minimum atomic E-state index is -0.0104. The molecule has 0 bridgehead atoms. The molecule has 4 rings (SSSR count). The van der Waals surface area contributed by atoms with Crippen molar-refractivity contribution in [2.75, 3.05) is 13.1 Å². The Hall–Kier alpha value is -0.786.